The monoisotopic (exact) mass is 869 g/mol. The number of nitrogens with zero attached hydrogens (tertiary/aromatic N) is 2. The number of hydrogen-bond donors (Lipinski definition) is 2. The van der Waals surface area contributed by atoms with Gasteiger partial charge in [-0.3, -0.25) is 9.11 Å². The molecular formula is C50H65N2O7S2+. The molecule has 0 bridgehead atoms. The van der Waals surface area contributed by atoms with Crippen molar-refractivity contribution >= 4 is 58.9 Å². The van der Waals surface area contributed by atoms with Gasteiger partial charge in [-0.05, 0) is 104 Å². The van der Waals surface area contributed by atoms with Gasteiger partial charge in [0.05, 0.1) is 23.5 Å². The zero-order valence-electron chi connectivity index (χ0n) is 37.1. The third-order valence-corrected chi connectivity index (χ3v) is 13.9. The minimum absolute atomic E-state index is 0.266. The molecule has 4 aromatic rings. The molecule has 0 unspecified atom stereocenters. The molecule has 328 valence electrons. The third kappa shape index (κ3) is 10.8. The fraction of sp³-hybridized carbons (Fsp3) is 0.460. The lowest BCUT2D eigenvalue weighted by Gasteiger charge is -2.27. The van der Waals surface area contributed by atoms with Gasteiger partial charge in [-0.15, -0.1) is 0 Å². The average Bonchev–Trinajstić information content (AvgIpc) is 3.53. The summed E-state index contributed by atoms with van der Waals surface area (Å²) in [5, 5.41) is 4.59. The minimum Gasteiger partial charge on any atom is -0.493 e. The summed E-state index contributed by atoms with van der Waals surface area (Å²) in [5.41, 5.74) is 7.15. The summed E-state index contributed by atoms with van der Waals surface area (Å²) >= 11 is 0. The van der Waals surface area contributed by atoms with Crippen LogP contribution in [-0.4, -0.2) is 67.4 Å². The van der Waals surface area contributed by atoms with Crippen LogP contribution in [-0.2, 0) is 31.1 Å². The molecule has 0 spiro atoms. The van der Waals surface area contributed by atoms with Crippen LogP contribution in [0, 0.1) is 12.8 Å². The van der Waals surface area contributed by atoms with Gasteiger partial charge in [0.1, 0.15) is 12.3 Å². The van der Waals surface area contributed by atoms with Crippen LogP contribution in [0.2, 0.25) is 0 Å². The molecule has 2 heterocycles. The highest BCUT2D eigenvalue weighted by molar-refractivity contribution is 7.86. The number of rotatable bonds is 20. The van der Waals surface area contributed by atoms with Gasteiger partial charge >= 0.3 is 0 Å². The van der Waals surface area contributed by atoms with E-state index in [9.17, 15) is 25.9 Å². The standard InChI is InChI=1S/C50H64N2O7S2/c1-36(2)20-10-9-17-31-59-43-35-37(3)34-39-26-28-42-48(46(39)43)50(6,7)45(52(42)30-16-19-33-61(56,57)58)24-12-8-11-23-44-49(4,5)47-40-22-14-13-21-38(40)25-27-41(47)51(44)29-15-18-32-60(53,54)55/h8,11-14,21-28,34-36H,9-10,15-20,29-33H2,1-7H3,(H-,53,54,55,56,57,58)/p+1. The summed E-state index contributed by atoms with van der Waals surface area (Å²) in [6.07, 6.45) is 16.9. The first-order valence-electron chi connectivity index (χ1n) is 21.9. The highest BCUT2D eigenvalue weighted by atomic mass is 32.2. The van der Waals surface area contributed by atoms with Crippen molar-refractivity contribution in [1.82, 2.24) is 0 Å². The van der Waals surface area contributed by atoms with Crippen LogP contribution in [0.3, 0.4) is 0 Å². The van der Waals surface area contributed by atoms with E-state index in [4.69, 9.17) is 4.74 Å². The number of ether oxygens (including phenoxy) is 1. The van der Waals surface area contributed by atoms with E-state index in [1.165, 1.54) is 34.7 Å². The highest BCUT2D eigenvalue weighted by Gasteiger charge is 2.45. The Morgan fingerprint density at radius 3 is 2.18 bits per heavy atom. The van der Waals surface area contributed by atoms with Gasteiger partial charge in [-0.2, -0.15) is 21.4 Å². The molecule has 2 aliphatic rings. The van der Waals surface area contributed by atoms with Gasteiger partial charge in [-0.1, -0.05) is 102 Å². The van der Waals surface area contributed by atoms with Crippen molar-refractivity contribution < 1.29 is 35.3 Å². The van der Waals surface area contributed by atoms with E-state index in [0.717, 1.165) is 57.7 Å². The highest BCUT2D eigenvalue weighted by Crippen LogP contribution is 2.53. The lowest BCUT2D eigenvalue weighted by Crippen LogP contribution is -2.28. The first-order chi connectivity index (χ1) is 28.8. The Bertz CT molecular complexity index is 2600. The molecule has 0 radical (unpaired) electrons. The Labute approximate surface area is 364 Å². The SMILES string of the molecule is Cc1cc(OCCCCCC(C)C)c2c3c(ccc2c1)N(CCCCS(=O)(=O)O)/C(=C/C=C/C=C/C1=[N+](CCCCS(=O)(=O)O)c2ccc4ccccc4c2C1(C)C)C3(C)C. The summed E-state index contributed by atoms with van der Waals surface area (Å²) in [7, 11) is -8.10. The van der Waals surface area contributed by atoms with Crippen LogP contribution >= 0.6 is 0 Å². The van der Waals surface area contributed by atoms with Gasteiger partial charge in [-0.25, -0.2) is 0 Å². The molecule has 0 saturated carbocycles. The smallest absolute Gasteiger partial charge is 0.264 e. The van der Waals surface area contributed by atoms with Crippen molar-refractivity contribution in [2.45, 2.75) is 111 Å². The number of anilines is 1. The summed E-state index contributed by atoms with van der Waals surface area (Å²) in [6.45, 7) is 17.4. The van der Waals surface area contributed by atoms with E-state index in [2.05, 4.69) is 137 Å². The molecule has 6 rings (SSSR count). The second kappa shape index (κ2) is 19.0. The summed E-state index contributed by atoms with van der Waals surface area (Å²) < 4.78 is 74.0. The Balaban J connectivity index is 1.34. The lowest BCUT2D eigenvalue weighted by molar-refractivity contribution is -0.438. The quantitative estimate of drug-likeness (QED) is 0.0389. The average molecular weight is 870 g/mol. The maximum atomic E-state index is 11.6. The predicted molar refractivity (Wildman–Crippen MR) is 252 cm³/mol. The second-order valence-corrected chi connectivity index (χ2v) is 21.5. The minimum atomic E-state index is -4.06. The topological polar surface area (TPSA) is 124 Å². The van der Waals surface area contributed by atoms with Gasteiger partial charge in [0, 0.05) is 52.9 Å². The Kier molecular flexibility index (Phi) is 14.4. The zero-order valence-corrected chi connectivity index (χ0v) is 38.7. The van der Waals surface area contributed by atoms with Crippen LogP contribution < -0.4 is 9.64 Å². The molecule has 4 aromatic carbocycles. The van der Waals surface area contributed by atoms with E-state index >= 15 is 0 Å². The van der Waals surface area contributed by atoms with Crippen molar-refractivity contribution in [2.75, 3.05) is 36.1 Å². The largest absolute Gasteiger partial charge is 0.493 e. The molecule has 0 amide bonds. The normalized spacial score (nSPS) is 17.0. The zero-order chi connectivity index (χ0) is 44.2. The maximum Gasteiger partial charge on any atom is 0.264 e. The molecule has 61 heavy (non-hydrogen) atoms. The molecular weight excluding hydrogens is 805 g/mol. The van der Waals surface area contributed by atoms with E-state index in [0.29, 0.717) is 51.3 Å². The number of aryl methyl sites for hydroxylation is 1. The fourth-order valence-corrected chi connectivity index (χ4v) is 10.6. The van der Waals surface area contributed by atoms with Crippen molar-refractivity contribution in [3.63, 3.8) is 0 Å². The summed E-state index contributed by atoms with van der Waals surface area (Å²) in [6, 6.07) is 21.4. The Morgan fingerprint density at radius 2 is 1.46 bits per heavy atom. The van der Waals surface area contributed by atoms with Gasteiger partial charge in [0.2, 0.25) is 5.69 Å². The summed E-state index contributed by atoms with van der Waals surface area (Å²) in [5.74, 6) is 1.04. The molecule has 0 atom stereocenters. The predicted octanol–water partition coefficient (Wildman–Crippen LogP) is 11.4. The number of allylic oxidation sites excluding steroid dienone is 6. The third-order valence-electron chi connectivity index (χ3n) is 12.3. The van der Waals surface area contributed by atoms with E-state index in [1.54, 1.807) is 0 Å². The van der Waals surface area contributed by atoms with Gasteiger partial charge < -0.3 is 9.64 Å². The van der Waals surface area contributed by atoms with Gasteiger partial charge in [0.25, 0.3) is 20.2 Å². The van der Waals surface area contributed by atoms with E-state index in [-0.39, 0.29) is 16.9 Å². The Hall–Kier alpha value is -4.29. The van der Waals surface area contributed by atoms with Crippen molar-refractivity contribution in [3.8, 4) is 5.75 Å². The molecule has 2 aliphatic heterocycles. The first-order valence-corrected chi connectivity index (χ1v) is 25.1. The van der Waals surface area contributed by atoms with Gasteiger partial charge in [0.15, 0.2) is 5.71 Å². The molecule has 0 aromatic heterocycles. The van der Waals surface area contributed by atoms with E-state index in [1.807, 2.05) is 12.1 Å². The van der Waals surface area contributed by atoms with Crippen molar-refractivity contribution in [2.24, 2.45) is 5.92 Å². The lowest BCUT2D eigenvalue weighted by atomic mass is 9.79. The van der Waals surface area contributed by atoms with Crippen LogP contribution in [0.25, 0.3) is 21.5 Å². The number of unbranched alkanes of at least 4 members (excludes halogenated alkanes) is 4. The van der Waals surface area contributed by atoms with Crippen LogP contribution in [0.4, 0.5) is 11.4 Å². The maximum absolute atomic E-state index is 11.6. The van der Waals surface area contributed by atoms with Crippen LogP contribution in [0.1, 0.15) is 110 Å². The molecule has 0 saturated heterocycles. The fourth-order valence-electron chi connectivity index (χ4n) is 9.42. The van der Waals surface area contributed by atoms with Crippen molar-refractivity contribution in [3.05, 3.63) is 113 Å². The Morgan fingerprint density at radius 1 is 0.754 bits per heavy atom. The number of hydrogen-bond acceptors (Lipinski definition) is 6. The summed E-state index contributed by atoms with van der Waals surface area (Å²) in [4.78, 5) is 2.30. The molecule has 11 heteroatoms. The molecule has 9 nitrogen and oxygen atoms in total. The molecule has 0 fully saturated rings. The second-order valence-electron chi connectivity index (χ2n) is 18.3. The van der Waals surface area contributed by atoms with Crippen LogP contribution in [0.15, 0.2) is 96.7 Å². The number of benzene rings is 4. The van der Waals surface area contributed by atoms with Crippen molar-refractivity contribution in [1.29, 1.82) is 0 Å². The first kappa shape index (κ1) is 46.2. The number of fused-ring (bicyclic) bond motifs is 6. The molecule has 0 aliphatic carbocycles. The van der Waals surface area contributed by atoms with Crippen LogP contribution in [0.5, 0.6) is 5.75 Å². The van der Waals surface area contributed by atoms with E-state index < -0.39 is 25.7 Å². The molecule has 2 N–H and O–H groups in total.